The maximum absolute atomic E-state index is 13.1. The van der Waals surface area contributed by atoms with Crippen LogP contribution in [0.5, 0.6) is 0 Å². The summed E-state index contributed by atoms with van der Waals surface area (Å²) in [6.07, 6.45) is 4.08. The maximum Gasteiger partial charge on any atom is 0.352 e. The highest BCUT2D eigenvalue weighted by Crippen LogP contribution is 2.30. The van der Waals surface area contributed by atoms with Crippen molar-refractivity contribution in [3.63, 3.8) is 0 Å². The number of ether oxygens (including phenoxy) is 2. The third-order valence-corrected chi connectivity index (χ3v) is 5.67. The van der Waals surface area contributed by atoms with Crippen LogP contribution in [0.2, 0.25) is 0 Å². The van der Waals surface area contributed by atoms with Crippen molar-refractivity contribution in [3.8, 4) is 0 Å². The number of thioether (sulfide) groups is 1. The number of aliphatic hydroxyl groups excluding tert-OH is 2. The van der Waals surface area contributed by atoms with E-state index in [-0.39, 0.29) is 30.7 Å². The fraction of sp³-hybridized carbons (Fsp3) is 0.444. The maximum atomic E-state index is 13.1. The van der Waals surface area contributed by atoms with Crippen LogP contribution in [0.4, 0.5) is 16.0 Å². The lowest BCUT2D eigenvalue weighted by molar-refractivity contribution is -0.0106. The summed E-state index contributed by atoms with van der Waals surface area (Å²) in [5, 5.41) is 17.8. The summed E-state index contributed by atoms with van der Waals surface area (Å²) in [4.78, 5) is 30.0. The van der Waals surface area contributed by atoms with Crippen molar-refractivity contribution in [2.75, 3.05) is 30.4 Å². The van der Waals surface area contributed by atoms with Crippen molar-refractivity contribution in [2.24, 2.45) is 0 Å². The van der Waals surface area contributed by atoms with Crippen LogP contribution in [0.3, 0.4) is 0 Å². The van der Waals surface area contributed by atoms with Crippen LogP contribution < -0.4 is 22.8 Å². The molecule has 0 bridgehead atoms. The zero-order valence-corrected chi connectivity index (χ0v) is 17.8. The van der Waals surface area contributed by atoms with Crippen molar-refractivity contribution >= 4 is 23.4 Å². The molecule has 2 aromatic heterocycles. The van der Waals surface area contributed by atoms with Gasteiger partial charge in [0.2, 0.25) is 0 Å². The average molecular weight is 470 g/mol. The minimum Gasteiger partial charge on any atom is -0.393 e. The molecule has 2 aliphatic heterocycles. The molecule has 0 aromatic carbocycles. The Bertz CT molecular complexity index is 1110. The summed E-state index contributed by atoms with van der Waals surface area (Å²) < 4.78 is 26.2. The first-order valence-electron chi connectivity index (χ1n) is 9.45. The lowest BCUT2D eigenvalue weighted by atomic mass is 10.3. The zero-order valence-electron chi connectivity index (χ0n) is 17.0. The van der Waals surface area contributed by atoms with Crippen LogP contribution in [0.15, 0.2) is 34.1 Å². The average Bonchev–Trinajstić information content (AvgIpc) is 3.43. The molecule has 0 unspecified atom stereocenters. The first-order valence-corrected chi connectivity index (χ1v) is 10.5. The van der Waals surface area contributed by atoms with Crippen LogP contribution in [0, 0.1) is 12.7 Å². The molecular formula is C18H23FN6O6S. The first-order chi connectivity index (χ1) is 15.2. The van der Waals surface area contributed by atoms with E-state index in [1.165, 1.54) is 16.3 Å². The molecule has 174 valence electrons. The molecule has 32 heavy (non-hydrogen) atoms. The van der Waals surface area contributed by atoms with Gasteiger partial charge in [0.15, 0.2) is 17.9 Å². The van der Waals surface area contributed by atoms with Gasteiger partial charge in [-0.3, -0.25) is 9.13 Å². The van der Waals surface area contributed by atoms with Crippen LogP contribution in [0.1, 0.15) is 18.0 Å². The number of hydrogen-bond donors (Lipinski definition) is 4. The molecule has 4 atom stereocenters. The second-order valence-corrected chi connectivity index (χ2v) is 8.02. The van der Waals surface area contributed by atoms with Gasteiger partial charge in [0, 0.05) is 17.5 Å². The Balaban J connectivity index is 0.000000181. The Hall–Kier alpha value is -2.78. The zero-order chi connectivity index (χ0) is 23.4. The van der Waals surface area contributed by atoms with E-state index < -0.39 is 35.3 Å². The predicted molar refractivity (Wildman–Crippen MR) is 114 cm³/mol. The van der Waals surface area contributed by atoms with E-state index >= 15 is 0 Å². The van der Waals surface area contributed by atoms with Crippen LogP contribution >= 0.6 is 11.8 Å². The van der Waals surface area contributed by atoms with E-state index in [1.54, 1.807) is 25.3 Å². The Labute approximate surface area is 185 Å². The van der Waals surface area contributed by atoms with Gasteiger partial charge < -0.3 is 31.2 Å². The van der Waals surface area contributed by atoms with E-state index in [1.807, 2.05) is 0 Å². The molecule has 0 radical (unpaired) electrons. The number of nitrogens with zero attached hydrogens (tertiary/aromatic N) is 4. The van der Waals surface area contributed by atoms with Crippen molar-refractivity contribution in [3.05, 3.63) is 56.9 Å². The van der Waals surface area contributed by atoms with E-state index in [4.69, 9.17) is 31.2 Å². The van der Waals surface area contributed by atoms with Gasteiger partial charge in [-0.25, -0.2) is 14.0 Å². The molecule has 4 heterocycles. The molecule has 0 saturated carbocycles. The topological polar surface area (TPSA) is 181 Å². The SMILES string of the molecule is Cc1cn([C@@H]2CS[C@H](CO)O2)c(=O)nc1N.Nc1nc(=O)n([C@@H]2C=C[C@H](CO)O2)cc1F. The van der Waals surface area contributed by atoms with E-state index in [9.17, 15) is 14.0 Å². The normalized spacial score (nSPS) is 24.4. The van der Waals surface area contributed by atoms with E-state index in [0.29, 0.717) is 5.75 Å². The molecule has 2 aromatic rings. The van der Waals surface area contributed by atoms with Crippen LogP contribution in [-0.2, 0) is 9.47 Å². The summed E-state index contributed by atoms with van der Waals surface area (Å²) in [7, 11) is 0. The molecule has 0 amide bonds. The number of halogens is 1. The summed E-state index contributed by atoms with van der Waals surface area (Å²) in [6.45, 7) is 1.52. The molecule has 6 N–H and O–H groups in total. The number of nitrogen functional groups attached to an aromatic ring is 2. The number of hydrogen-bond acceptors (Lipinski definition) is 11. The summed E-state index contributed by atoms with van der Waals surface area (Å²) in [6, 6.07) is 0. The summed E-state index contributed by atoms with van der Waals surface area (Å²) in [5.41, 5.74) is 10.0. The largest absolute Gasteiger partial charge is 0.393 e. The molecule has 14 heteroatoms. The van der Waals surface area contributed by atoms with Gasteiger partial charge in [0.1, 0.15) is 23.6 Å². The molecule has 0 aliphatic carbocycles. The molecular weight excluding hydrogens is 447 g/mol. The second kappa shape index (κ2) is 10.2. The number of anilines is 2. The monoisotopic (exact) mass is 470 g/mol. The Kier molecular flexibility index (Phi) is 7.63. The molecule has 1 saturated heterocycles. The molecule has 0 spiro atoms. The second-order valence-electron chi connectivity index (χ2n) is 6.83. The van der Waals surface area contributed by atoms with Crippen molar-refractivity contribution in [1.29, 1.82) is 0 Å². The Morgan fingerprint density at radius 2 is 1.78 bits per heavy atom. The number of rotatable bonds is 4. The van der Waals surface area contributed by atoms with E-state index in [0.717, 1.165) is 16.3 Å². The van der Waals surface area contributed by atoms with Crippen molar-refractivity contribution in [2.45, 2.75) is 30.9 Å². The summed E-state index contributed by atoms with van der Waals surface area (Å²) in [5.74, 6) is -0.368. The Morgan fingerprint density at radius 1 is 1.09 bits per heavy atom. The lowest BCUT2D eigenvalue weighted by Crippen LogP contribution is -2.29. The minimum absolute atomic E-state index is 0.0582. The third-order valence-electron chi connectivity index (χ3n) is 4.56. The van der Waals surface area contributed by atoms with E-state index in [2.05, 4.69) is 9.97 Å². The molecule has 12 nitrogen and oxygen atoms in total. The lowest BCUT2D eigenvalue weighted by Gasteiger charge is -2.14. The molecule has 4 rings (SSSR count). The number of nitrogens with two attached hydrogens (primary N) is 2. The number of aliphatic hydroxyl groups is 2. The van der Waals surface area contributed by atoms with Crippen molar-refractivity contribution < 1.29 is 24.1 Å². The van der Waals surface area contributed by atoms with Gasteiger partial charge in [-0.1, -0.05) is 6.08 Å². The summed E-state index contributed by atoms with van der Waals surface area (Å²) >= 11 is 1.47. The fourth-order valence-electron chi connectivity index (χ4n) is 2.86. The van der Waals surface area contributed by atoms with Crippen LogP contribution in [-0.4, -0.2) is 59.8 Å². The fourth-order valence-corrected chi connectivity index (χ4v) is 3.79. The van der Waals surface area contributed by atoms with Gasteiger partial charge in [0.05, 0.1) is 19.4 Å². The number of aromatic nitrogens is 4. The quantitative estimate of drug-likeness (QED) is 0.408. The number of aryl methyl sites for hydroxylation is 1. The highest BCUT2D eigenvalue weighted by Gasteiger charge is 2.27. The Morgan fingerprint density at radius 3 is 2.41 bits per heavy atom. The standard InChI is InChI=1S/C9H10FN3O3.C9H13N3O3S/c10-6-3-13(9(15)12-8(6)11)7-2-1-5(4-14)16-7;1-5-2-12(9(14)11-8(5)10)6-4-16-7(3-13)15-6/h1-3,5,7,14H,4H2,(H2,11,12,15);2,6-7,13H,3-4H2,1H3,(H2,10,11,14)/t5-,7+;6-,7+/m10/s1. The first kappa shape index (κ1) is 23.9. The van der Waals surface area contributed by atoms with Gasteiger partial charge in [0.25, 0.3) is 0 Å². The highest BCUT2D eigenvalue weighted by atomic mass is 32.2. The van der Waals surface area contributed by atoms with Crippen LogP contribution in [0.25, 0.3) is 0 Å². The third kappa shape index (κ3) is 5.34. The predicted octanol–water partition coefficient (Wildman–Crippen LogP) is -0.875. The minimum atomic E-state index is -0.788. The van der Waals surface area contributed by atoms with Gasteiger partial charge in [-0.2, -0.15) is 9.97 Å². The highest BCUT2D eigenvalue weighted by molar-refractivity contribution is 8.00. The van der Waals surface area contributed by atoms with Gasteiger partial charge >= 0.3 is 11.4 Å². The smallest absolute Gasteiger partial charge is 0.352 e. The molecule has 2 aliphatic rings. The van der Waals surface area contributed by atoms with Gasteiger partial charge in [-0.05, 0) is 13.0 Å². The molecule has 1 fully saturated rings. The van der Waals surface area contributed by atoms with Crippen molar-refractivity contribution in [1.82, 2.24) is 19.1 Å². The van der Waals surface area contributed by atoms with Gasteiger partial charge in [-0.15, -0.1) is 11.8 Å².